The van der Waals surface area contributed by atoms with Gasteiger partial charge in [0.05, 0.1) is 5.75 Å². The molecule has 0 aliphatic carbocycles. The number of rotatable bonds is 5. The molecular formula is C14H20F2N2O2S. The topological polar surface area (TPSA) is 49.4 Å². The molecule has 0 atom stereocenters. The van der Waals surface area contributed by atoms with Gasteiger partial charge >= 0.3 is 0 Å². The summed E-state index contributed by atoms with van der Waals surface area (Å²) in [6.07, 6.45) is 1.39. The van der Waals surface area contributed by atoms with E-state index in [1.54, 1.807) is 6.92 Å². The Hall–Kier alpha value is -1.05. The second kappa shape index (κ2) is 6.81. The Morgan fingerprint density at radius 3 is 2.52 bits per heavy atom. The standard InChI is InChI=1S/C14H20F2N2O2S/c1-2-21(19,20)18-7-5-13(6-8-18)17-10-11-3-4-12(15)9-14(11)16/h3-4,9,13,17H,2,5-8,10H2,1H3. The molecule has 7 heteroatoms. The quantitative estimate of drug-likeness (QED) is 0.902. The highest BCUT2D eigenvalue weighted by Crippen LogP contribution is 2.16. The molecule has 21 heavy (non-hydrogen) atoms. The number of hydrogen-bond acceptors (Lipinski definition) is 3. The molecule has 4 nitrogen and oxygen atoms in total. The van der Waals surface area contributed by atoms with Crippen molar-refractivity contribution in [3.05, 3.63) is 35.4 Å². The van der Waals surface area contributed by atoms with E-state index in [2.05, 4.69) is 5.32 Å². The molecule has 1 N–H and O–H groups in total. The van der Waals surface area contributed by atoms with E-state index in [4.69, 9.17) is 0 Å². The fourth-order valence-electron chi connectivity index (χ4n) is 2.44. The number of halogens is 2. The van der Waals surface area contributed by atoms with Crippen LogP contribution in [0.25, 0.3) is 0 Å². The molecule has 0 unspecified atom stereocenters. The van der Waals surface area contributed by atoms with Crippen LogP contribution in [-0.2, 0) is 16.6 Å². The van der Waals surface area contributed by atoms with Gasteiger partial charge in [-0.3, -0.25) is 0 Å². The van der Waals surface area contributed by atoms with Crippen molar-refractivity contribution < 1.29 is 17.2 Å². The van der Waals surface area contributed by atoms with Crippen molar-refractivity contribution in [1.82, 2.24) is 9.62 Å². The molecule has 118 valence electrons. The van der Waals surface area contributed by atoms with Gasteiger partial charge in [0.2, 0.25) is 10.0 Å². The second-order valence-corrected chi connectivity index (χ2v) is 7.45. The third-order valence-corrected chi connectivity index (χ3v) is 5.69. The monoisotopic (exact) mass is 318 g/mol. The SMILES string of the molecule is CCS(=O)(=O)N1CCC(NCc2ccc(F)cc2F)CC1. The maximum atomic E-state index is 13.5. The zero-order valence-electron chi connectivity index (χ0n) is 12.0. The van der Waals surface area contributed by atoms with Crippen molar-refractivity contribution in [2.45, 2.75) is 32.4 Å². The smallest absolute Gasteiger partial charge is 0.213 e. The van der Waals surface area contributed by atoms with Crippen LogP contribution < -0.4 is 5.32 Å². The second-order valence-electron chi connectivity index (χ2n) is 5.19. The lowest BCUT2D eigenvalue weighted by Gasteiger charge is -2.31. The highest BCUT2D eigenvalue weighted by molar-refractivity contribution is 7.89. The van der Waals surface area contributed by atoms with Gasteiger partial charge in [0.1, 0.15) is 11.6 Å². The van der Waals surface area contributed by atoms with Gasteiger partial charge in [0, 0.05) is 37.3 Å². The maximum Gasteiger partial charge on any atom is 0.213 e. The summed E-state index contributed by atoms with van der Waals surface area (Å²) in [5, 5.41) is 3.20. The first-order chi connectivity index (χ1) is 9.92. The van der Waals surface area contributed by atoms with E-state index in [9.17, 15) is 17.2 Å². The lowest BCUT2D eigenvalue weighted by atomic mass is 10.1. The molecule has 2 rings (SSSR count). The van der Waals surface area contributed by atoms with Crippen molar-refractivity contribution in [1.29, 1.82) is 0 Å². The summed E-state index contributed by atoms with van der Waals surface area (Å²) >= 11 is 0. The van der Waals surface area contributed by atoms with Crippen molar-refractivity contribution >= 4 is 10.0 Å². The fourth-order valence-corrected chi connectivity index (χ4v) is 3.57. The van der Waals surface area contributed by atoms with E-state index in [0.717, 1.165) is 6.07 Å². The van der Waals surface area contributed by atoms with Gasteiger partial charge in [-0.15, -0.1) is 0 Å². The van der Waals surface area contributed by atoms with Crippen LogP contribution in [0.2, 0.25) is 0 Å². The zero-order valence-corrected chi connectivity index (χ0v) is 12.8. The molecule has 1 heterocycles. The minimum atomic E-state index is -3.12. The van der Waals surface area contributed by atoms with Gasteiger partial charge in [0.15, 0.2) is 0 Å². The van der Waals surface area contributed by atoms with E-state index in [0.29, 0.717) is 38.0 Å². The normalized spacial score (nSPS) is 18.0. The van der Waals surface area contributed by atoms with Gasteiger partial charge in [-0.1, -0.05) is 6.07 Å². The van der Waals surface area contributed by atoms with Gasteiger partial charge in [-0.2, -0.15) is 0 Å². The van der Waals surface area contributed by atoms with Crippen LogP contribution in [0.4, 0.5) is 8.78 Å². The Balaban J connectivity index is 1.84. The van der Waals surface area contributed by atoms with Crippen LogP contribution in [0.5, 0.6) is 0 Å². The highest BCUT2D eigenvalue weighted by atomic mass is 32.2. The van der Waals surface area contributed by atoms with Gasteiger partial charge in [-0.25, -0.2) is 21.5 Å². The average Bonchev–Trinajstić information content (AvgIpc) is 2.47. The number of sulfonamides is 1. The number of piperidine rings is 1. The minimum absolute atomic E-state index is 0.117. The van der Waals surface area contributed by atoms with Crippen LogP contribution in [-0.4, -0.2) is 37.6 Å². The third-order valence-electron chi connectivity index (χ3n) is 3.81. The van der Waals surface area contributed by atoms with E-state index in [1.165, 1.54) is 16.4 Å². The Morgan fingerprint density at radius 2 is 1.95 bits per heavy atom. The molecule has 1 saturated heterocycles. The molecule has 1 fully saturated rings. The van der Waals surface area contributed by atoms with Crippen molar-refractivity contribution in [3.8, 4) is 0 Å². The van der Waals surface area contributed by atoms with Gasteiger partial charge in [-0.05, 0) is 25.8 Å². The molecule has 1 aliphatic rings. The molecule has 0 radical (unpaired) electrons. The van der Waals surface area contributed by atoms with E-state index < -0.39 is 21.7 Å². The van der Waals surface area contributed by atoms with Crippen LogP contribution in [0.1, 0.15) is 25.3 Å². The van der Waals surface area contributed by atoms with Crippen LogP contribution >= 0.6 is 0 Å². The predicted molar refractivity (Wildman–Crippen MR) is 77.3 cm³/mol. The Morgan fingerprint density at radius 1 is 1.29 bits per heavy atom. The summed E-state index contributed by atoms with van der Waals surface area (Å²) in [4.78, 5) is 0. The molecule has 0 spiro atoms. The Labute approximate surface area is 124 Å². The number of hydrogen-bond donors (Lipinski definition) is 1. The summed E-state index contributed by atoms with van der Waals surface area (Å²) in [6, 6.07) is 3.68. The molecule has 0 amide bonds. The van der Waals surface area contributed by atoms with Crippen molar-refractivity contribution in [3.63, 3.8) is 0 Å². The lowest BCUT2D eigenvalue weighted by Crippen LogP contribution is -2.45. The van der Waals surface area contributed by atoms with Gasteiger partial charge in [0.25, 0.3) is 0 Å². The number of nitrogens with one attached hydrogen (secondary N) is 1. The first kappa shape index (κ1) is 16.3. The Kier molecular flexibility index (Phi) is 5.29. The molecule has 0 bridgehead atoms. The maximum absolute atomic E-state index is 13.5. The van der Waals surface area contributed by atoms with Crippen LogP contribution in [0, 0.1) is 11.6 Å². The molecule has 1 aromatic carbocycles. The van der Waals surface area contributed by atoms with E-state index >= 15 is 0 Å². The molecule has 1 aromatic rings. The van der Waals surface area contributed by atoms with E-state index in [1.807, 2.05) is 0 Å². The molecule has 1 aliphatic heterocycles. The number of benzene rings is 1. The van der Waals surface area contributed by atoms with E-state index in [-0.39, 0.29) is 11.8 Å². The lowest BCUT2D eigenvalue weighted by molar-refractivity contribution is 0.288. The highest BCUT2D eigenvalue weighted by Gasteiger charge is 2.26. The van der Waals surface area contributed by atoms with Crippen molar-refractivity contribution in [2.75, 3.05) is 18.8 Å². The molecule has 0 aromatic heterocycles. The van der Waals surface area contributed by atoms with Gasteiger partial charge < -0.3 is 5.32 Å². The first-order valence-electron chi connectivity index (χ1n) is 7.07. The summed E-state index contributed by atoms with van der Waals surface area (Å²) in [5.74, 6) is -1.03. The summed E-state index contributed by atoms with van der Waals surface area (Å²) < 4.78 is 51.3. The molecule has 0 saturated carbocycles. The summed E-state index contributed by atoms with van der Waals surface area (Å²) in [6.45, 7) is 2.92. The average molecular weight is 318 g/mol. The molecular weight excluding hydrogens is 298 g/mol. The number of nitrogens with zero attached hydrogens (tertiary/aromatic N) is 1. The fraction of sp³-hybridized carbons (Fsp3) is 0.571. The minimum Gasteiger partial charge on any atom is -0.310 e. The summed E-state index contributed by atoms with van der Waals surface area (Å²) in [5.41, 5.74) is 0.417. The van der Waals surface area contributed by atoms with Crippen LogP contribution in [0.15, 0.2) is 18.2 Å². The zero-order chi connectivity index (χ0) is 15.5. The largest absolute Gasteiger partial charge is 0.310 e. The van der Waals surface area contributed by atoms with Crippen LogP contribution in [0.3, 0.4) is 0 Å². The first-order valence-corrected chi connectivity index (χ1v) is 8.68. The Bertz CT molecular complexity index is 585. The predicted octanol–water partition coefficient (Wildman–Crippen LogP) is 1.87. The third kappa shape index (κ3) is 4.21. The summed E-state index contributed by atoms with van der Waals surface area (Å²) in [7, 11) is -3.12. The van der Waals surface area contributed by atoms with Crippen molar-refractivity contribution in [2.24, 2.45) is 0 Å².